The molecular weight excluding hydrogens is 328 g/mol. The van der Waals surface area contributed by atoms with Crippen molar-refractivity contribution in [3.63, 3.8) is 0 Å². The van der Waals surface area contributed by atoms with Crippen molar-refractivity contribution in [2.24, 2.45) is 5.92 Å². The molecule has 0 aliphatic carbocycles. The summed E-state index contributed by atoms with van der Waals surface area (Å²) in [5, 5.41) is 0. The molecule has 0 aromatic rings. The minimum Gasteiger partial charge on any atom is -0.469 e. The molecule has 0 aromatic heterocycles. The molecule has 1 rings (SSSR count). The summed E-state index contributed by atoms with van der Waals surface area (Å²) in [6.07, 6.45) is 11.1. The van der Waals surface area contributed by atoms with E-state index in [0.29, 0.717) is 5.79 Å². The van der Waals surface area contributed by atoms with Gasteiger partial charge in [0.2, 0.25) is 0 Å². The normalized spacial score (nSPS) is 20.3. The summed E-state index contributed by atoms with van der Waals surface area (Å²) in [6, 6.07) is 0. The Kier molecular flexibility index (Phi) is 11.7. The van der Waals surface area contributed by atoms with Crippen LogP contribution in [-0.4, -0.2) is 63.6 Å². The van der Waals surface area contributed by atoms with Crippen molar-refractivity contribution in [1.29, 1.82) is 0 Å². The molecule has 0 amide bonds. The van der Waals surface area contributed by atoms with E-state index in [9.17, 15) is 4.79 Å². The number of carbonyl (C=O) groups is 1. The average Bonchev–Trinajstić information content (AvgIpc) is 2.99. The quantitative estimate of drug-likeness (QED) is 0.280. The molecule has 148 valence electrons. The van der Waals surface area contributed by atoms with Gasteiger partial charge in [-0.2, -0.15) is 0 Å². The smallest absolute Gasteiger partial charge is 0.309 e. The molecule has 0 aromatic carbocycles. The van der Waals surface area contributed by atoms with E-state index in [1.54, 1.807) is 0 Å². The third-order valence-electron chi connectivity index (χ3n) is 5.43. The summed E-state index contributed by atoms with van der Waals surface area (Å²) >= 11 is 0. The van der Waals surface area contributed by atoms with Crippen LogP contribution in [0.25, 0.3) is 0 Å². The molecule has 1 heterocycles. The summed E-state index contributed by atoms with van der Waals surface area (Å²) in [7, 11) is 0.676. The molecule has 4 nitrogen and oxygen atoms in total. The van der Waals surface area contributed by atoms with Crippen molar-refractivity contribution < 1.29 is 9.53 Å². The first-order chi connectivity index (χ1) is 12.0. The van der Waals surface area contributed by atoms with Gasteiger partial charge in [0, 0.05) is 25.4 Å². The monoisotopic (exact) mass is 370 g/mol. The predicted octanol–water partition coefficient (Wildman–Crippen LogP) is 3.91. The van der Waals surface area contributed by atoms with Crippen LogP contribution in [0.5, 0.6) is 0 Å². The number of unbranched alkanes of at least 4 members (excludes halogenated alkanes) is 7. The molecular formula is C20H42N2O2Si. The van der Waals surface area contributed by atoms with Crippen LogP contribution < -0.4 is 0 Å². The number of carbonyl (C=O) groups excluding carboxylic acids is 1. The minimum absolute atomic E-state index is 0.0247. The zero-order valence-electron chi connectivity index (χ0n) is 17.4. The second kappa shape index (κ2) is 12.9. The molecule has 1 saturated heterocycles. The van der Waals surface area contributed by atoms with Gasteiger partial charge in [-0.1, -0.05) is 71.9 Å². The van der Waals surface area contributed by atoms with Crippen molar-refractivity contribution in [3.8, 4) is 0 Å². The molecule has 0 spiro atoms. The number of ether oxygens (including phenoxy) is 1. The Morgan fingerprint density at radius 3 is 2.16 bits per heavy atom. The Morgan fingerprint density at radius 2 is 1.60 bits per heavy atom. The first-order valence-electron chi connectivity index (χ1n) is 10.6. The topological polar surface area (TPSA) is 32.8 Å². The number of methoxy groups -OCH3 is 1. The highest BCUT2D eigenvalue weighted by Gasteiger charge is 2.35. The molecule has 1 aliphatic rings. The van der Waals surface area contributed by atoms with Crippen LogP contribution in [0.3, 0.4) is 0 Å². The lowest BCUT2D eigenvalue weighted by molar-refractivity contribution is -0.145. The molecule has 1 fully saturated rings. The lowest BCUT2D eigenvalue weighted by Crippen LogP contribution is -2.49. The Morgan fingerprint density at radius 1 is 1.04 bits per heavy atom. The van der Waals surface area contributed by atoms with Crippen molar-refractivity contribution in [2.45, 2.75) is 84.1 Å². The van der Waals surface area contributed by atoms with E-state index in [1.807, 2.05) is 6.92 Å². The molecule has 0 bridgehead atoms. The molecule has 0 N–H and O–H groups in total. The van der Waals surface area contributed by atoms with E-state index >= 15 is 0 Å². The summed E-state index contributed by atoms with van der Waals surface area (Å²) < 4.78 is 4.90. The van der Waals surface area contributed by atoms with E-state index in [1.165, 1.54) is 71.6 Å². The third-order valence-corrected chi connectivity index (χ3v) is 7.47. The molecule has 5 heteroatoms. The first kappa shape index (κ1) is 22.6. The van der Waals surface area contributed by atoms with E-state index in [-0.39, 0.29) is 11.9 Å². The third kappa shape index (κ3) is 8.22. The van der Waals surface area contributed by atoms with Gasteiger partial charge in [-0.15, -0.1) is 0 Å². The van der Waals surface area contributed by atoms with Crippen LogP contribution in [0, 0.1) is 5.92 Å². The maximum absolute atomic E-state index is 11.7. The van der Waals surface area contributed by atoms with Gasteiger partial charge in [-0.3, -0.25) is 14.6 Å². The Labute approximate surface area is 157 Å². The number of hydrogen-bond acceptors (Lipinski definition) is 4. The second-order valence-corrected chi connectivity index (χ2v) is 11.2. The van der Waals surface area contributed by atoms with Gasteiger partial charge in [-0.25, -0.2) is 0 Å². The van der Waals surface area contributed by atoms with Gasteiger partial charge in [0.15, 0.2) is 0 Å². The molecule has 25 heavy (non-hydrogen) atoms. The predicted molar refractivity (Wildman–Crippen MR) is 110 cm³/mol. The Hall–Kier alpha value is -0.393. The second-order valence-electron chi connectivity index (χ2n) is 8.09. The van der Waals surface area contributed by atoms with Gasteiger partial charge < -0.3 is 4.74 Å². The fraction of sp³-hybridized carbons (Fsp3) is 0.950. The van der Waals surface area contributed by atoms with E-state index in [0.717, 1.165) is 13.1 Å². The maximum Gasteiger partial charge on any atom is 0.309 e. The summed E-state index contributed by atoms with van der Waals surface area (Å²) in [5.41, 5.74) is 0. The summed E-state index contributed by atoms with van der Waals surface area (Å²) in [5.74, 6) is 0.505. The highest BCUT2D eigenvalue weighted by atomic mass is 28.3. The molecule has 2 atom stereocenters. The van der Waals surface area contributed by atoms with Gasteiger partial charge in [0.25, 0.3) is 0 Å². The van der Waals surface area contributed by atoms with E-state index in [2.05, 4.69) is 29.8 Å². The van der Waals surface area contributed by atoms with Gasteiger partial charge >= 0.3 is 5.97 Å². The zero-order chi connectivity index (χ0) is 18.7. The maximum atomic E-state index is 11.7. The van der Waals surface area contributed by atoms with Crippen LogP contribution in [-0.2, 0) is 9.53 Å². The summed E-state index contributed by atoms with van der Waals surface area (Å²) in [4.78, 5) is 17.0. The SMILES string of the molecule is CCCCCCCCCCN1CCN(CC(C)C(=O)OC)C1[SiH](C)C. The lowest BCUT2D eigenvalue weighted by atomic mass is 10.1. The minimum atomic E-state index is -0.816. The standard InChI is InChI=1S/C20H42N2O2Si/c1-6-7-8-9-10-11-12-13-14-21-15-16-22(20(21)25(4)5)17-18(2)19(23)24-3/h18,20,25H,6-17H2,1-5H3. The fourth-order valence-corrected chi connectivity index (χ4v) is 6.37. The fourth-order valence-electron chi connectivity index (χ4n) is 4.12. The average molecular weight is 371 g/mol. The van der Waals surface area contributed by atoms with Crippen molar-refractivity contribution in [1.82, 2.24) is 9.80 Å². The molecule has 0 radical (unpaired) electrons. The number of hydrogen-bond donors (Lipinski definition) is 0. The van der Waals surface area contributed by atoms with Crippen molar-refractivity contribution in [3.05, 3.63) is 0 Å². The summed E-state index contributed by atoms with van der Waals surface area (Å²) in [6.45, 7) is 13.5. The van der Waals surface area contributed by atoms with Gasteiger partial charge in [-0.05, 0) is 13.0 Å². The number of rotatable bonds is 13. The Balaban J connectivity index is 2.31. The molecule has 0 saturated carbocycles. The number of esters is 1. The zero-order valence-corrected chi connectivity index (χ0v) is 18.6. The van der Waals surface area contributed by atoms with Crippen LogP contribution in [0.2, 0.25) is 13.1 Å². The highest BCUT2D eigenvalue weighted by molar-refractivity contribution is 6.57. The van der Waals surface area contributed by atoms with Crippen LogP contribution in [0.4, 0.5) is 0 Å². The van der Waals surface area contributed by atoms with Crippen LogP contribution >= 0.6 is 0 Å². The van der Waals surface area contributed by atoms with E-state index in [4.69, 9.17) is 4.74 Å². The largest absolute Gasteiger partial charge is 0.469 e. The first-order valence-corrected chi connectivity index (χ1v) is 13.5. The van der Waals surface area contributed by atoms with Crippen molar-refractivity contribution in [2.75, 3.05) is 33.3 Å². The number of nitrogens with zero attached hydrogens (tertiary/aromatic N) is 2. The lowest BCUT2D eigenvalue weighted by Gasteiger charge is -2.34. The van der Waals surface area contributed by atoms with Crippen molar-refractivity contribution >= 4 is 14.8 Å². The molecule has 1 aliphatic heterocycles. The van der Waals surface area contributed by atoms with Gasteiger partial charge in [0.1, 0.15) is 0 Å². The van der Waals surface area contributed by atoms with Crippen LogP contribution in [0.1, 0.15) is 65.2 Å². The molecule has 2 unspecified atom stereocenters. The van der Waals surface area contributed by atoms with Gasteiger partial charge in [0.05, 0.1) is 21.8 Å². The van der Waals surface area contributed by atoms with E-state index < -0.39 is 8.80 Å². The highest BCUT2D eigenvalue weighted by Crippen LogP contribution is 2.20. The van der Waals surface area contributed by atoms with Crippen LogP contribution in [0.15, 0.2) is 0 Å². The Bertz CT molecular complexity index is 366.